The highest BCUT2D eigenvalue weighted by Crippen LogP contribution is 2.43. The number of hydrogen-bond donors (Lipinski definition) is 2. The van der Waals surface area contributed by atoms with Gasteiger partial charge in [0.25, 0.3) is 11.9 Å². The summed E-state index contributed by atoms with van der Waals surface area (Å²) >= 11 is 1.40. The number of amides is 1. The fraction of sp³-hybridized carbons (Fsp3) is 0.474. The van der Waals surface area contributed by atoms with E-state index in [1.54, 1.807) is 7.11 Å². The molecule has 148 valence electrons. The summed E-state index contributed by atoms with van der Waals surface area (Å²) in [6.45, 7) is 4.23. The van der Waals surface area contributed by atoms with Crippen LogP contribution < -0.4 is 14.8 Å². The van der Waals surface area contributed by atoms with E-state index >= 15 is 0 Å². The summed E-state index contributed by atoms with van der Waals surface area (Å²) in [4.78, 5) is 13.4. The van der Waals surface area contributed by atoms with Gasteiger partial charge < -0.3 is 9.47 Å². The van der Waals surface area contributed by atoms with Crippen LogP contribution in [0, 0.1) is 12.8 Å². The van der Waals surface area contributed by atoms with E-state index in [1.165, 1.54) is 17.8 Å². The Hall–Kier alpha value is -2.68. The maximum Gasteiger partial charge on any atom is 0.272 e. The third-order valence-electron chi connectivity index (χ3n) is 5.11. The van der Waals surface area contributed by atoms with E-state index in [0.29, 0.717) is 16.5 Å². The zero-order valence-electron chi connectivity index (χ0n) is 16.1. The summed E-state index contributed by atoms with van der Waals surface area (Å²) in [7, 11) is 1.65. The van der Waals surface area contributed by atoms with Crippen molar-refractivity contribution in [1.29, 1.82) is 0 Å². The molecule has 28 heavy (non-hydrogen) atoms. The number of rotatable bonds is 5. The van der Waals surface area contributed by atoms with Gasteiger partial charge in [0.15, 0.2) is 5.75 Å². The van der Waals surface area contributed by atoms with Crippen LogP contribution in [0.15, 0.2) is 12.1 Å². The number of fused-ring (bicyclic) bond motifs is 1. The average molecular weight is 401 g/mol. The van der Waals surface area contributed by atoms with Crippen LogP contribution in [-0.2, 0) is 0 Å². The van der Waals surface area contributed by atoms with Gasteiger partial charge in [0.05, 0.1) is 13.2 Å². The van der Waals surface area contributed by atoms with Crippen molar-refractivity contribution in [3.63, 3.8) is 0 Å². The second-order valence-corrected chi connectivity index (χ2v) is 8.33. The molecular weight excluding hydrogens is 378 g/mol. The van der Waals surface area contributed by atoms with Gasteiger partial charge in [-0.05, 0) is 55.0 Å². The number of aromatic nitrogens is 4. The highest BCUT2D eigenvalue weighted by Gasteiger charge is 2.27. The Balaban J connectivity index is 1.74. The fourth-order valence-electron chi connectivity index (χ4n) is 3.71. The molecule has 8 nitrogen and oxygen atoms in total. The summed E-state index contributed by atoms with van der Waals surface area (Å²) in [5.74, 6) is 1.83. The molecule has 2 aromatic heterocycles. The van der Waals surface area contributed by atoms with E-state index in [4.69, 9.17) is 9.47 Å². The average Bonchev–Trinajstić information content (AvgIpc) is 3.29. The first kappa shape index (κ1) is 18.7. The Labute approximate surface area is 166 Å². The summed E-state index contributed by atoms with van der Waals surface area (Å²) < 4.78 is 12.9. The number of carbonyl (C=O) groups is 1. The highest BCUT2D eigenvalue weighted by atomic mass is 32.1. The van der Waals surface area contributed by atoms with Crippen molar-refractivity contribution in [2.45, 2.75) is 45.6 Å². The SMILES string of the molecule is COc1cc2c(O[C@@H]3CCC[C@H](C)C3)c(C(=O)Nc3nn[nH]n3)sc2cc1C. The minimum Gasteiger partial charge on any atom is -0.496 e. The number of aryl methyl sites for hydroxylation is 1. The van der Waals surface area contributed by atoms with Crippen molar-refractivity contribution in [1.82, 2.24) is 20.6 Å². The maximum atomic E-state index is 12.9. The van der Waals surface area contributed by atoms with Crippen molar-refractivity contribution in [2.24, 2.45) is 5.92 Å². The molecule has 1 amide bonds. The van der Waals surface area contributed by atoms with Crippen molar-refractivity contribution >= 4 is 33.3 Å². The van der Waals surface area contributed by atoms with Crippen LogP contribution in [0.4, 0.5) is 5.95 Å². The molecule has 1 aliphatic carbocycles. The van der Waals surface area contributed by atoms with Crippen LogP contribution in [0.25, 0.3) is 10.1 Å². The molecule has 1 fully saturated rings. The molecule has 2 atom stereocenters. The maximum absolute atomic E-state index is 12.9. The quantitative estimate of drug-likeness (QED) is 0.671. The van der Waals surface area contributed by atoms with Gasteiger partial charge in [0.2, 0.25) is 0 Å². The number of nitrogens with one attached hydrogen (secondary N) is 2. The lowest BCUT2D eigenvalue weighted by Crippen LogP contribution is -2.25. The minimum atomic E-state index is -0.307. The zero-order valence-corrected chi connectivity index (χ0v) is 16.9. The number of aromatic amines is 1. The number of H-pyrrole nitrogens is 1. The van der Waals surface area contributed by atoms with Crippen LogP contribution in [0.1, 0.15) is 47.8 Å². The molecular formula is C19H23N5O3S. The van der Waals surface area contributed by atoms with Crippen LogP contribution in [-0.4, -0.2) is 39.7 Å². The first-order valence-electron chi connectivity index (χ1n) is 9.37. The summed E-state index contributed by atoms with van der Waals surface area (Å²) in [6, 6.07) is 3.98. The lowest BCUT2D eigenvalue weighted by atomic mass is 9.88. The lowest BCUT2D eigenvalue weighted by Gasteiger charge is -2.27. The Morgan fingerprint density at radius 3 is 2.93 bits per heavy atom. The molecule has 0 saturated heterocycles. The number of anilines is 1. The van der Waals surface area contributed by atoms with Crippen LogP contribution in [0.3, 0.4) is 0 Å². The Morgan fingerprint density at radius 1 is 1.36 bits per heavy atom. The minimum absolute atomic E-state index is 0.102. The molecule has 0 radical (unpaired) electrons. The van der Waals surface area contributed by atoms with E-state index in [9.17, 15) is 4.79 Å². The molecule has 1 aliphatic rings. The molecule has 4 rings (SSSR count). The van der Waals surface area contributed by atoms with E-state index in [2.05, 4.69) is 32.9 Å². The number of nitrogens with zero attached hydrogens (tertiary/aromatic N) is 3. The largest absolute Gasteiger partial charge is 0.496 e. The molecule has 1 saturated carbocycles. The molecule has 0 bridgehead atoms. The van der Waals surface area contributed by atoms with E-state index in [0.717, 1.165) is 40.7 Å². The number of thiophene rings is 1. The summed E-state index contributed by atoms with van der Waals surface area (Å²) in [5.41, 5.74) is 1.01. The van der Waals surface area contributed by atoms with Gasteiger partial charge in [-0.15, -0.1) is 16.4 Å². The van der Waals surface area contributed by atoms with Gasteiger partial charge in [-0.1, -0.05) is 18.4 Å². The number of ether oxygens (including phenoxy) is 2. The molecule has 9 heteroatoms. The standard InChI is InChI=1S/C19H23N5O3S/c1-10-5-4-6-12(7-10)27-16-13-9-14(26-3)11(2)8-15(13)28-17(16)18(25)20-19-21-23-24-22-19/h8-10,12H,4-7H2,1-3H3,(H2,20,21,22,23,24,25)/t10-,12+/m0/s1. The normalized spacial score (nSPS) is 19.5. The number of carbonyl (C=O) groups excluding carboxylic acids is 1. The van der Waals surface area contributed by atoms with E-state index < -0.39 is 0 Å². The highest BCUT2D eigenvalue weighted by molar-refractivity contribution is 7.21. The van der Waals surface area contributed by atoms with E-state index in [1.807, 2.05) is 19.1 Å². The van der Waals surface area contributed by atoms with Gasteiger partial charge in [-0.2, -0.15) is 5.21 Å². The molecule has 2 N–H and O–H groups in total. The third kappa shape index (κ3) is 3.66. The molecule has 0 unspecified atom stereocenters. The van der Waals surface area contributed by atoms with Crippen molar-refractivity contribution in [3.05, 3.63) is 22.6 Å². The molecule has 3 aromatic rings. The Bertz CT molecular complexity index is 985. The second kappa shape index (κ2) is 7.75. The number of hydrogen-bond acceptors (Lipinski definition) is 7. The molecule has 1 aromatic carbocycles. The zero-order chi connectivity index (χ0) is 19.7. The monoisotopic (exact) mass is 401 g/mol. The van der Waals surface area contributed by atoms with E-state index in [-0.39, 0.29) is 18.0 Å². The predicted molar refractivity (Wildman–Crippen MR) is 107 cm³/mol. The Morgan fingerprint density at radius 2 is 2.21 bits per heavy atom. The number of methoxy groups -OCH3 is 1. The van der Waals surface area contributed by atoms with Crippen molar-refractivity contribution in [3.8, 4) is 11.5 Å². The summed E-state index contributed by atoms with van der Waals surface area (Å²) in [5, 5.41) is 17.0. The molecule has 0 spiro atoms. The Kier molecular flexibility index (Phi) is 5.17. The van der Waals surface area contributed by atoms with Gasteiger partial charge in [0, 0.05) is 10.1 Å². The topological polar surface area (TPSA) is 102 Å². The predicted octanol–water partition coefficient (Wildman–Crippen LogP) is 3.94. The van der Waals surface area contributed by atoms with Crippen LogP contribution in [0.5, 0.6) is 11.5 Å². The van der Waals surface area contributed by atoms with Crippen LogP contribution in [0.2, 0.25) is 0 Å². The number of benzene rings is 1. The second-order valence-electron chi connectivity index (χ2n) is 7.28. The van der Waals surface area contributed by atoms with Crippen molar-refractivity contribution < 1.29 is 14.3 Å². The van der Waals surface area contributed by atoms with Gasteiger partial charge in [-0.3, -0.25) is 10.1 Å². The van der Waals surface area contributed by atoms with Crippen LogP contribution >= 0.6 is 11.3 Å². The first-order valence-corrected chi connectivity index (χ1v) is 10.2. The molecule has 0 aliphatic heterocycles. The van der Waals surface area contributed by atoms with Gasteiger partial charge in [-0.25, -0.2) is 0 Å². The van der Waals surface area contributed by atoms with Gasteiger partial charge >= 0.3 is 0 Å². The first-order chi connectivity index (χ1) is 13.5. The fourth-order valence-corrected chi connectivity index (χ4v) is 4.83. The lowest BCUT2D eigenvalue weighted by molar-refractivity contribution is 0.101. The van der Waals surface area contributed by atoms with Gasteiger partial charge in [0.1, 0.15) is 10.6 Å². The smallest absolute Gasteiger partial charge is 0.272 e. The summed E-state index contributed by atoms with van der Waals surface area (Å²) in [6.07, 6.45) is 4.46. The third-order valence-corrected chi connectivity index (χ3v) is 6.24. The molecule has 2 heterocycles. The van der Waals surface area contributed by atoms with Crippen molar-refractivity contribution in [2.75, 3.05) is 12.4 Å². The number of tetrazole rings is 1.